The number of anilines is 1. The summed E-state index contributed by atoms with van der Waals surface area (Å²) in [6.45, 7) is 0. The molecule has 0 radical (unpaired) electrons. The molecule has 0 spiro atoms. The first-order valence-corrected chi connectivity index (χ1v) is 6.72. The first-order valence-electron chi connectivity index (χ1n) is 6.34. The van der Waals surface area contributed by atoms with Crippen LogP contribution in [0.1, 0.15) is 15.9 Å². The van der Waals surface area contributed by atoms with Gasteiger partial charge in [0, 0.05) is 5.69 Å². The molecule has 0 fully saturated rings. The van der Waals surface area contributed by atoms with Crippen molar-refractivity contribution in [3.05, 3.63) is 64.7 Å². The summed E-state index contributed by atoms with van der Waals surface area (Å²) in [6.07, 6.45) is 1.48. The number of carbonyl (C=O) groups is 1. The van der Waals surface area contributed by atoms with Crippen LogP contribution in [0, 0.1) is 0 Å². The average Bonchev–Trinajstić information content (AvgIpc) is 2.47. The van der Waals surface area contributed by atoms with Gasteiger partial charge in [-0.15, -0.1) is 5.10 Å². The summed E-state index contributed by atoms with van der Waals surface area (Å²) < 4.78 is 0. The van der Waals surface area contributed by atoms with Crippen molar-refractivity contribution in [2.24, 2.45) is 21.7 Å². The minimum atomic E-state index is -0.288. The van der Waals surface area contributed by atoms with Crippen LogP contribution in [-0.4, -0.2) is 18.1 Å². The number of hydrogen-bond donors (Lipinski definition) is 3. The maximum absolute atomic E-state index is 12.2. The Morgan fingerprint density at radius 1 is 1.14 bits per heavy atom. The molecule has 112 valence electrons. The minimum Gasteiger partial charge on any atom is -0.369 e. The number of rotatable bonds is 4. The fourth-order valence-corrected chi connectivity index (χ4v) is 1.92. The predicted octanol–water partition coefficient (Wildman–Crippen LogP) is 2.20. The Balaban J connectivity index is 2.14. The number of nitrogens with zero attached hydrogens (tertiary/aromatic N) is 2. The highest BCUT2D eigenvalue weighted by Crippen LogP contribution is 2.17. The van der Waals surface area contributed by atoms with E-state index in [9.17, 15) is 4.79 Å². The lowest BCUT2D eigenvalue weighted by molar-refractivity contribution is 0.102. The zero-order chi connectivity index (χ0) is 15.9. The molecule has 2 aromatic rings. The Labute approximate surface area is 132 Å². The van der Waals surface area contributed by atoms with Gasteiger partial charge in [-0.05, 0) is 29.8 Å². The quantitative estimate of drug-likeness (QED) is 0.457. The first kappa shape index (κ1) is 15.5. The van der Waals surface area contributed by atoms with E-state index in [1.807, 2.05) is 0 Å². The Morgan fingerprint density at radius 2 is 1.91 bits per heavy atom. The van der Waals surface area contributed by atoms with Crippen LogP contribution in [0.3, 0.4) is 0 Å². The molecular weight excluding hydrogens is 302 g/mol. The van der Waals surface area contributed by atoms with E-state index in [4.69, 9.17) is 23.1 Å². The molecule has 0 aromatic heterocycles. The first-order chi connectivity index (χ1) is 10.6. The largest absolute Gasteiger partial charge is 0.369 e. The van der Waals surface area contributed by atoms with E-state index in [0.717, 1.165) is 5.56 Å². The van der Waals surface area contributed by atoms with Gasteiger partial charge in [0.15, 0.2) is 0 Å². The van der Waals surface area contributed by atoms with E-state index >= 15 is 0 Å². The molecule has 7 heteroatoms. The summed E-state index contributed by atoms with van der Waals surface area (Å²) in [6, 6.07) is 13.9. The topological polar surface area (TPSA) is 106 Å². The number of nitrogens with two attached hydrogens (primary N) is 2. The molecule has 0 heterocycles. The fourth-order valence-electron chi connectivity index (χ4n) is 1.70. The Kier molecular flexibility index (Phi) is 5.11. The average molecular weight is 316 g/mol. The van der Waals surface area contributed by atoms with Gasteiger partial charge in [-0.2, -0.15) is 5.10 Å². The van der Waals surface area contributed by atoms with Crippen LogP contribution in [0.5, 0.6) is 0 Å². The van der Waals surface area contributed by atoms with Crippen LogP contribution in [0.25, 0.3) is 0 Å². The van der Waals surface area contributed by atoms with Crippen molar-refractivity contribution < 1.29 is 4.79 Å². The molecule has 6 nitrogen and oxygen atoms in total. The van der Waals surface area contributed by atoms with Crippen LogP contribution in [0.2, 0.25) is 5.02 Å². The molecule has 0 bridgehead atoms. The SMILES string of the molecule is NC(N)=N/N=C/c1cccc(NC(=O)c2ccccc2Cl)c1. The lowest BCUT2D eigenvalue weighted by Gasteiger charge is -2.07. The Morgan fingerprint density at radius 3 is 2.64 bits per heavy atom. The summed E-state index contributed by atoms with van der Waals surface area (Å²) in [5.41, 5.74) is 12.1. The van der Waals surface area contributed by atoms with Crippen LogP contribution in [0.15, 0.2) is 58.7 Å². The maximum atomic E-state index is 12.2. The van der Waals surface area contributed by atoms with Gasteiger partial charge >= 0.3 is 0 Å². The molecule has 0 aliphatic rings. The van der Waals surface area contributed by atoms with E-state index < -0.39 is 0 Å². The molecule has 0 unspecified atom stereocenters. The van der Waals surface area contributed by atoms with Gasteiger partial charge in [0.1, 0.15) is 0 Å². The van der Waals surface area contributed by atoms with E-state index in [1.165, 1.54) is 6.21 Å². The third-order valence-electron chi connectivity index (χ3n) is 2.64. The second-order valence-corrected chi connectivity index (χ2v) is 4.74. The molecule has 0 aliphatic heterocycles. The summed E-state index contributed by atoms with van der Waals surface area (Å²) in [5, 5.41) is 10.4. The highest BCUT2D eigenvalue weighted by molar-refractivity contribution is 6.34. The van der Waals surface area contributed by atoms with Gasteiger partial charge in [-0.25, -0.2) is 0 Å². The van der Waals surface area contributed by atoms with Crippen molar-refractivity contribution in [3.63, 3.8) is 0 Å². The monoisotopic (exact) mass is 315 g/mol. The summed E-state index contributed by atoms with van der Waals surface area (Å²) in [5.74, 6) is -0.414. The summed E-state index contributed by atoms with van der Waals surface area (Å²) >= 11 is 5.99. The van der Waals surface area contributed by atoms with Gasteiger partial charge < -0.3 is 16.8 Å². The third-order valence-corrected chi connectivity index (χ3v) is 2.97. The Hall–Kier alpha value is -2.86. The van der Waals surface area contributed by atoms with Gasteiger partial charge in [-0.3, -0.25) is 4.79 Å². The highest BCUT2D eigenvalue weighted by Gasteiger charge is 2.09. The van der Waals surface area contributed by atoms with Gasteiger partial charge in [0.2, 0.25) is 5.96 Å². The normalized spacial score (nSPS) is 10.4. The number of hydrogen-bond acceptors (Lipinski definition) is 3. The summed E-state index contributed by atoms with van der Waals surface area (Å²) in [4.78, 5) is 12.2. The standard InChI is InChI=1S/C15H14ClN5O/c16-13-7-2-1-6-12(13)14(22)20-11-5-3-4-10(8-11)9-19-21-15(17)18/h1-9H,(H,20,22)(H4,17,18,21)/b19-9+. The number of amides is 1. The molecule has 1 amide bonds. The third kappa shape index (κ3) is 4.32. The zero-order valence-corrected chi connectivity index (χ0v) is 12.3. The van der Waals surface area contributed by atoms with Gasteiger partial charge in [0.05, 0.1) is 16.8 Å². The number of benzene rings is 2. The van der Waals surface area contributed by atoms with E-state index in [-0.39, 0.29) is 11.9 Å². The number of nitrogens with one attached hydrogen (secondary N) is 1. The van der Waals surface area contributed by atoms with Crippen molar-refractivity contribution in [1.82, 2.24) is 0 Å². The highest BCUT2D eigenvalue weighted by atomic mass is 35.5. The predicted molar refractivity (Wildman–Crippen MR) is 89.3 cm³/mol. The zero-order valence-electron chi connectivity index (χ0n) is 11.5. The molecule has 2 aromatic carbocycles. The molecular formula is C15H14ClN5O. The van der Waals surface area contributed by atoms with E-state index in [1.54, 1.807) is 48.5 Å². The maximum Gasteiger partial charge on any atom is 0.257 e. The molecule has 0 aliphatic carbocycles. The van der Waals surface area contributed by atoms with Crippen LogP contribution in [0.4, 0.5) is 5.69 Å². The van der Waals surface area contributed by atoms with E-state index in [0.29, 0.717) is 16.3 Å². The molecule has 0 saturated carbocycles. The molecule has 5 N–H and O–H groups in total. The van der Waals surface area contributed by atoms with Gasteiger partial charge in [0.25, 0.3) is 5.91 Å². The summed E-state index contributed by atoms with van der Waals surface area (Å²) in [7, 11) is 0. The Bertz CT molecular complexity index is 738. The lowest BCUT2D eigenvalue weighted by Crippen LogP contribution is -2.21. The number of guanidine groups is 1. The van der Waals surface area contributed by atoms with Crippen LogP contribution in [-0.2, 0) is 0 Å². The molecule has 0 atom stereocenters. The van der Waals surface area contributed by atoms with Crippen molar-refractivity contribution in [2.45, 2.75) is 0 Å². The molecule has 0 saturated heterocycles. The lowest BCUT2D eigenvalue weighted by atomic mass is 10.2. The van der Waals surface area contributed by atoms with Gasteiger partial charge in [-0.1, -0.05) is 35.9 Å². The van der Waals surface area contributed by atoms with Crippen molar-refractivity contribution in [3.8, 4) is 0 Å². The molecule has 22 heavy (non-hydrogen) atoms. The van der Waals surface area contributed by atoms with Crippen LogP contribution < -0.4 is 16.8 Å². The number of halogens is 1. The van der Waals surface area contributed by atoms with Crippen molar-refractivity contribution >= 4 is 35.4 Å². The number of carbonyl (C=O) groups excluding carboxylic acids is 1. The second kappa shape index (κ2) is 7.24. The smallest absolute Gasteiger partial charge is 0.257 e. The fraction of sp³-hybridized carbons (Fsp3) is 0. The minimum absolute atomic E-state index is 0.126. The van der Waals surface area contributed by atoms with Crippen molar-refractivity contribution in [1.29, 1.82) is 0 Å². The van der Waals surface area contributed by atoms with Crippen molar-refractivity contribution in [2.75, 3.05) is 5.32 Å². The van der Waals surface area contributed by atoms with Crippen LogP contribution >= 0.6 is 11.6 Å². The van der Waals surface area contributed by atoms with E-state index in [2.05, 4.69) is 15.5 Å². The molecule has 2 rings (SSSR count). The second-order valence-electron chi connectivity index (χ2n) is 4.33.